The van der Waals surface area contributed by atoms with Crippen molar-refractivity contribution in [2.75, 3.05) is 6.54 Å². The van der Waals surface area contributed by atoms with Gasteiger partial charge in [0.1, 0.15) is 16.3 Å². The first kappa shape index (κ1) is 16.5. The van der Waals surface area contributed by atoms with Gasteiger partial charge < -0.3 is 10.4 Å². The molecule has 144 valence electrons. The Morgan fingerprint density at radius 1 is 1.29 bits per heavy atom. The number of aromatic nitrogens is 5. The van der Waals surface area contributed by atoms with Crippen molar-refractivity contribution >= 4 is 32.6 Å². The number of phenols is 1. The summed E-state index contributed by atoms with van der Waals surface area (Å²) in [5.74, 6) is 0.254. The van der Waals surface area contributed by atoms with Gasteiger partial charge in [-0.2, -0.15) is 10.2 Å². The Morgan fingerprint density at radius 2 is 2.14 bits per heavy atom. The number of nitrogens with zero attached hydrogens (tertiary/aromatic N) is 5. The zero-order valence-corrected chi connectivity index (χ0v) is 16.8. The minimum absolute atomic E-state index is 0.254. The van der Waals surface area contributed by atoms with Gasteiger partial charge in [-0.15, -0.1) is 0 Å². The van der Waals surface area contributed by atoms with E-state index in [0.29, 0.717) is 11.6 Å². The summed E-state index contributed by atoms with van der Waals surface area (Å²) in [5, 5.41) is 25.5. The molecule has 4 aromatic rings. The number of hydrogen-bond acceptors (Lipinski definition) is 6. The van der Waals surface area contributed by atoms with E-state index in [-0.39, 0.29) is 5.75 Å². The van der Waals surface area contributed by atoms with Crippen molar-refractivity contribution in [3.05, 3.63) is 24.0 Å². The maximum Gasteiger partial charge on any atom is 0.166 e. The number of fused-ring (bicyclic) bond motifs is 2. The summed E-state index contributed by atoms with van der Waals surface area (Å²) in [7, 11) is 1.89. The average molecular weight is 395 g/mol. The molecule has 28 heavy (non-hydrogen) atoms. The van der Waals surface area contributed by atoms with Gasteiger partial charge in [0.25, 0.3) is 0 Å². The lowest BCUT2D eigenvalue weighted by Crippen LogP contribution is -2.40. The largest absolute Gasteiger partial charge is 0.507 e. The molecule has 2 fully saturated rings. The van der Waals surface area contributed by atoms with Crippen molar-refractivity contribution in [3.63, 3.8) is 0 Å². The van der Waals surface area contributed by atoms with E-state index in [0.717, 1.165) is 56.8 Å². The quantitative estimate of drug-likeness (QED) is 0.544. The molecule has 1 spiro atoms. The molecule has 0 radical (unpaired) electrons. The summed E-state index contributed by atoms with van der Waals surface area (Å²) in [6.45, 7) is 2.97. The van der Waals surface area contributed by atoms with Crippen LogP contribution in [0.3, 0.4) is 0 Å². The van der Waals surface area contributed by atoms with Crippen molar-refractivity contribution in [1.82, 2.24) is 29.9 Å². The molecule has 7 nitrogen and oxygen atoms in total. The van der Waals surface area contributed by atoms with Crippen LogP contribution in [0, 0.1) is 6.92 Å². The molecule has 1 aromatic carbocycles. The smallest absolute Gasteiger partial charge is 0.166 e. The third-order valence-electron chi connectivity index (χ3n) is 6.28. The molecular weight excluding hydrogens is 372 g/mol. The van der Waals surface area contributed by atoms with Crippen molar-refractivity contribution in [3.8, 4) is 16.3 Å². The van der Waals surface area contributed by atoms with Crippen LogP contribution in [0.15, 0.2) is 18.5 Å². The Morgan fingerprint density at radius 3 is 2.93 bits per heavy atom. The molecule has 2 N–H and O–H groups in total. The van der Waals surface area contributed by atoms with E-state index in [2.05, 4.69) is 21.3 Å². The van der Waals surface area contributed by atoms with Gasteiger partial charge in [-0.05, 0) is 45.2 Å². The number of benzene rings is 1. The van der Waals surface area contributed by atoms with Crippen LogP contribution in [0.4, 0.5) is 0 Å². The highest BCUT2D eigenvalue weighted by Crippen LogP contribution is 2.46. The summed E-state index contributed by atoms with van der Waals surface area (Å²) >= 11 is 1.54. The van der Waals surface area contributed by atoms with E-state index in [1.807, 2.05) is 26.2 Å². The summed E-state index contributed by atoms with van der Waals surface area (Å²) in [6, 6.07) is 2.43. The second-order valence-electron chi connectivity index (χ2n) is 8.31. The molecule has 6 rings (SSSR count). The zero-order chi connectivity index (χ0) is 19.0. The standard InChI is InChI=1S/C20H22N6OS/c1-11-16-12(9-25(2)23-16)7-14(17(11)27)18-22-15-10-26(24-19(15)28-18)13-3-6-21-20(8-13)4-5-20/h7,9-10,13,21,27H,3-6,8H2,1-2H3. The van der Waals surface area contributed by atoms with Crippen LogP contribution in [0.1, 0.15) is 37.3 Å². The number of thiazole rings is 1. The molecule has 4 heterocycles. The molecule has 0 bridgehead atoms. The molecule has 3 aromatic heterocycles. The fraction of sp³-hybridized carbons (Fsp3) is 0.450. The minimum Gasteiger partial charge on any atom is -0.507 e. The number of aromatic hydroxyl groups is 1. The number of phenolic OH excluding ortho intramolecular Hbond substituents is 1. The first-order valence-electron chi connectivity index (χ1n) is 9.78. The fourth-order valence-electron chi connectivity index (χ4n) is 4.53. The van der Waals surface area contributed by atoms with Crippen LogP contribution < -0.4 is 5.32 Å². The maximum atomic E-state index is 10.7. The number of piperidine rings is 1. The Balaban J connectivity index is 1.39. The molecule has 1 aliphatic carbocycles. The molecule has 8 heteroatoms. The summed E-state index contributed by atoms with van der Waals surface area (Å²) in [6.07, 6.45) is 8.89. The molecule has 1 unspecified atom stereocenters. The van der Waals surface area contributed by atoms with Gasteiger partial charge in [0, 0.05) is 29.7 Å². The van der Waals surface area contributed by atoms with Gasteiger partial charge in [-0.25, -0.2) is 4.98 Å². The van der Waals surface area contributed by atoms with Crippen LogP contribution >= 0.6 is 11.3 Å². The van der Waals surface area contributed by atoms with Gasteiger partial charge in [0.05, 0.1) is 23.3 Å². The SMILES string of the molecule is Cc1c(O)c(-c2nc3cn(C4CCNC5(CC5)C4)nc3s2)cc2cn(C)nc12. The van der Waals surface area contributed by atoms with E-state index < -0.39 is 0 Å². The Bertz CT molecular complexity index is 1200. The van der Waals surface area contributed by atoms with Crippen LogP contribution in [0.5, 0.6) is 5.75 Å². The van der Waals surface area contributed by atoms with Crippen molar-refractivity contribution in [1.29, 1.82) is 0 Å². The van der Waals surface area contributed by atoms with E-state index in [1.165, 1.54) is 12.8 Å². The summed E-state index contributed by atoms with van der Waals surface area (Å²) in [5.41, 5.74) is 3.66. The van der Waals surface area contributed by atoms with Gasteiger partial charge >= 0.3 is 0 Å². The van der Waals surface area contributed by atoms with E-state index in [1.54, 1.807) is 16.0 Å². The van der Waals surface area contributed by atoms with Crippen LogP contribution in [0.2, 0.25) is 0 Å². The average Bonchev–Trinajstić information content (AvgIpc) is 3.01. The third-order valence-corrected chi connectivity index (χ3v) is 7.27. The normalized spacial score (nSPS) is 21.1. The lowest BCUT2D eigenvalue weighted by molar-refractivity contribution is 0.272. The van der Waals surface area contributed by atoms with Crippen LogP contribution in [-0.4, -0.2) is 41.7 Å². The van der Waals surface area contributed by atoms with E-state index in [4.69, 9.17) is 10.1 Å². The Labute approximate surface area is 166 Å². The predicted molar refractivity (Wildman–Crippen MR) is 110 cm³/mol. The van der Waals surface area contributed by atoms with E-state index in [9.17, 15) is 5.11 Å². The molecule has 1 saturated heterocycles. The molecule has 1 saturated carbocycles. The lowest BCUT2D eigenvalue weighted by Gasteiger charge is -2.30. The highest BCUT2D eigenvalue weighted by molar-refractivity contribution is 7.21. The fourth-order valence-corrected chi connectivity index (χ4v) is 5.46. The predicted octanol–water partition coefficient (Wildman–Crippen LogP) is 3.52. The highest BCUT2D eigenvalue weighted by Gasteiger charge is 2.46. The van der Waals surface area contributed by atoms with Crippen LogP contribution in [-0.2, 0) is 7.05 Å². The first-order chi connectivity index (χ1) is 13.5. The topological polar surface area (TPSA) is 80.8 Å². The first-order valence-corrected chi connectivity index (χ1v) is 10.6. The maximum absolute atomic E-state index is 10.7. The second-order valence-corrected chi connectivity index (χ2v) is 9.29. The van der Waals surface area contributed by atoms with E-state index >= 15 is 0 Å². The van der Waals surface area contributed by atoms with Crippen molar-refractivity contribution < 1.29 is 5.11 Å². The second kappa shape index (κ2) is 5.55. The third kappa shape index (κ3) is 2.41. The Kier molecular flexibility index (Phi) is 3.27. The van der Waals surface area contributed by atoms with Gasteiger partial charge in [0.15, 0.2) is 4.83 Å². The van der Waals surface area contributed by atoms with Gasteiger partial charge in [0.2, 0.25) is 0 Å². The van der Waals surface area contributed by atoms with Gasteiger partial charge in [-0.3, -0.25) is 9.36 Å². The Hall–Kier alpha value is -2.45. The highest BCUT2D eigenvalue weighted by atomic mass is 32.1. The summed E-state index contributed by atoms with van der Waals surface area (Å²) in [4.78, 5) is 5.73. The lowest BCUT2D eigenvalue weighted by atomic mass is 9.98. The number of hydrogen-bond donors (Lipinski definition) is 2. The summed E-state index contributed by atoms with van der Waals surface area (Å²) < 4.78 is 3.89. The molecular formula is C20H22N6OS. The zero-order valence-electron chi connectivity index (χ0n) is 15.9. The van der Waals surface area contributed by atoms with Gasteiger partial charge in [-0.1, -0.05) is 11.3 Å². The molecule has 1 aliphatic heterocycles. The molecule has 0 amide bonds. The molecule has 2 aliphatic rings. The monoisotopic (exact) mass is 394 g/mol. The molecule has 1 atom stereocenters. The van der Waals surface area contributed by atoms with Crippen LogP contribution in [0.25, 0.3) is 31.8 Å². The number of aryl methyl sites for hydroxylation is 2. The van der Waals surface area contributed by atoms with Crippen molar-refractivity contribution in [2.24, 2.45) is 7.05 Å². The number of nitrogens with one attached hydrogen (secondary N) is 1. The number of rotatable bonds is 2. The van der Waals surface area contributed by atoms with Crippen molar-refractivity contribution in [2.45, 2.75) is 44.2 Å². The minimum atomic E-state index is 0.254.